The van der Waals surface area contributed by atoms with Crippen LogP contribution < -0.4 is 11.5 Å². The summed E-state index contributed by atoms with van der Waals surface area (Å²) in [6.45, 7) is 2.32. The van der Waals surface area contributed by atoms with Crippen molar-refractivity contribution in [3.8, 4) is 0 Å². The van der Waals surface area contributed by atoms with Gasteiger partial charge in [-0.1, -0.05) is 45.4 Å². The average molecular weight is 224 g/mol. The molecule has 2 rings (SSSR count). The van der Waals surface area contributed by atoms with Crippen molar-refractivity contribution in [2.45, 2.75) is 82.2 Å². The first-order chi connectivity index (χ1) is 7.57. The van der Waals surface area contributed by atoms with Gasteiger partial charge < -0.3 is 11.5 Å². The van der Waals surface area contributed by atoms with Crippen LogP contribution in [0.5, 0.6) is 0 Å². The predicted molar refractivity (Wildman–Crippen MR) is 69.2 cm³/mol. The standard InChI is InChI=1S/C14H28N2/c1-12(13(15)8-4-2-5-9-13)14(16)10-6-3-7-11-14/h12H,2-11,15-16H2,1H3. The Hall–Kier alpha value is -0.0800. The molecule has 0 unspecified atom stereocenters. The van der Waals surface area contributed by atoms with Crippen LogP contribution in [0.4, 0.5) is 0 Å². The minimum Gasteiger partial charge on any atom is -0.325 e. The van der Waals surface area contributed by atoms with E-state index in [1.807, 2.05) is 0 Å². The molecule has 2 aliphatic carbocycles. The lowest BCUT2D eigenvalue weighted by Crippen LogP contribution is -2.61. The topological polar surface area (TPSA) is 52.0 Å². The molecule has 2 fully saturated rings. The minimum absolute atomic E-state index is 0.0321. The molecule has 0 aromatic carbocycles. The van der Waals surface area contributed by atoms with Gasteiger partial charge in [0.15, 0.2) is 0 Å². The number of rotatable bonds is 2. The summed E-state index contributed by atoms with van der Waals surface area (Å²) < 4.78 is 0. The molecule has 2 heteroatoms. The first kappa shape index (κ1) is 12.4. The second-order valence-corrected chi connectivity index (χ2v) is 6.31. The van der Waals surface area contributed by atoms with Gasteiger partial charge in [0.2, 0.25) is 0 Å². The average Bonchev–Trinajstić information content (AvgIpc) is 2.30. The van der Waals surface area contributed by atoms with Crippen molar-refractivity contribution in [3.63, 3.8) is 0 Å². The van der Waals surface area contributed by atoms with Gasteiger partial charge in [0.1, 0.15) is 0 Å². The molecule has 0 spiro atoms. The summed E-state index contributed by atoms with van der Waals surface area (Å²) in [4.78, 5) is 0. The van der Waals surface area contributed by atoms with Gasteiger partial charge in [-0.2, -0.15) is 0 Å². The lowest BCUT2D eigenvalue weighted by molar-refractivity contribution is 0.0991. The van der Waals surface area contributed by atoms with E-state index in [2.05, 4.69) is 6.92 Å². The Kier molecular flexibility index (Phi) is 3.60. The maximum absolute atomic E-state index is 6.64. The minimum atomic E-state index is 0.0321. The Balaban J connectivity index is 2.06. The zero-order valence-electron chi connectivity index (χ0n) is 10.8. The van der Waals surface area contributed by atoms with Crippen LogP contribution in [0.1, 0.15) is 71.1 Å². The molecule has 0 saturated heterocycles. The van der Waals surface area contributed by atoms with E-state index in [0.29, 0.717) is 5.92 Å². The highest BCUT2D eigenvalue weighted by atomic mass is 14.9. The third-order valence-electron chi connectivity index (χ3n) is 5.29. The molecule has 2 nitrogen and oxygen atoms in total. The van der Waals surface area contributed by atoms with Gasteiger partial charge in [0.05, 0.1) is 0 Å². The van der Waals surface area contributed by atoms with Gasteiger partial charge >= 0.3 is 0 Å². The highest BCUT2D eigenvalue weighted by molar-refractivity contribution is 5.04. The van der Waals surface area contributed by atoms with Crippen LogP contribution >= 0.6 is 0 Å². The second-order valence-electron chi connectivity index (χ2n) is 6.31. The van der Waals surface area contributed by atoms with E-state index in [1.165, 1.54) is 64.2 Å². The van der Waals surface area contributed by atoms with E-state index in [1.54, 1.807) is 0 Å². The maximum atomic E-state index is 6.64. The molecule has 0 aliphatic heterocycles. The van der Waals surface area contributed by atoms with Crippen molar-refractivity contribution in [2.75, 3.05) is 0 Å². The van der Waals surface area contributed by atoms with Gasteiger partial charge in [-0.25, -0.2) is 0 Å². The molecule has 0 aromatic heterocycles. The summed E-state index contributed by atoms with van der Waals surface area (Å²) in [5, 5.41) is 0. The van der Waals surface area contributed by atoms with Gasteiger partial charge in [-0.15, -0.1) is 0 Å². The van der Waals surface area contributed by atoms with Crippen molar-refractivity contribution in [1.29, 1.82) is 0 Å². The zero-order valence-corrected chi connectivity index (χ0v) is 10.8. The van der Waals surface area contributed by atoms with E-state index in [4.69, 9.17) is 11.5 Å². The van der Waals surface area contributed by atoms with Crippen LogP contribution in [0.25, 0.3) is 0 Å². The summed E-state index contributed by atoms with van der Waals surface area (Å²) in [5.74, 6) is 0.487. The van der Waals surface area contributed by atoms with Crippen molar-refractivity contribution in [1.82, 2.24) is 0 Å². The van der Waals surface area contributed by atoms with Crippen LogP contribution in [0.3, 0.4) is 0 Å². The molecule has 4 N–H and O–H groups in total. The van der Waals surface area contributed by atoms with Crippen molar-refractivity contribution in [3.05, 3.63) is 0 Å². The van der Waals surface area contributed by atoms with Crippen LogP contribution in [0.2, 0.25) is 0 Å². The second kappa shape index (κ2) is 4.66. The van der Waals surface area contributed by atoms with Gasteiger partial charge in [0, 0.05) is 11.1 Å². The van der Waals surface area contributed by atoms with Crippen molar-refractivity contribution < 1.29 is 0 Å². The quantitative estimate of drug-likeness (QED) is 0.757. The lowest BCUT2D eigenvalue weighted by Gasteiger charge is -2.49. The summed E-state index contributed by atoms with van der Waals surface area (Å²) in [7, 11) is 0. The lowest BCUT2D eigenvalue weighted by atomic mass is 9.62. The first-order valence-electron chi connectivity index (χ1n) is 7.15. The molecule has 0 heterocycles. The molecule has 0 radical (unpaired) electrons. The zero-order chi connectivity index (χ0) is 11.6. The third-order valence-corrected chi connectivity index (χ3v) is 5.29. The molecule has 0 amide bonds. The summed E-state index contributed by atoms with van der Waals surface area (Å²) in [6, 6.07) is 0. The normalized spacial score (nSPS) is 29.2. The molecular weight excluding hydrogens is 196 g/mol. The van der Waals surface area contributed by atoms with Crippen LogP contribution in [0.15, 0.2) is 0 Å². The van der Waals surface area contributed by atoms with Crippen LogP contribution in [-0.4, -0.2) is 11.1 Å². The Morgan fingerprint density at radius 2 is 1.00 bits per heavy atom. The largest absolute Gasteiger partial charge is 0.325 e. The summed E-state index contributed by atoms with van der Waals surface area (Å²) in [6.07, 6.45) is 12.7. The van der Waals surface area contributed by atoms with Crippen LogP contribution in [0, 0.1) is 5.92 Å². The first-order valence-corrected chi connectivity index (χ1v) is 7.15. The third kappa shape index (κ3) is 2.28. The van der Waals surface area contributed by atoms with Crippen molar-refractivity contribution >= 4 is 0 Å². The monoisotopic (exact) mass is 224 g/mol. The molecule has 0 atom stereocenters. The molecule has 0 bridgehead atoms. The van der Waals surface area contributed by atoms with E-state index in [9.17, 15) is 0 Å². The summed E-state index contributed by atoms with van der Waals surface area (Å²) >= 11 is 0. The van der Waals surface area contributed by atoms with Gasteiger partial charge in [-0.3, -0.25) is 0 Å². The molecule has 16 heavy (non-hydrogen) atoms. The van der Waals surface area contributed by atoms with Gasteiger partial charge in [0.25, 0.3) is 0 Å². The maximum Gasteiger partial charge on any atom is 0.0197 e. The van der Waals surface area contributed by atoms with Crippen molar-refractivity contribution in [2.24, 2.45) is 17.4 Å². The molecule has 0 aromatic rings. The number of hydrogen-bond donors (Lipinski definition) is 2. The van der Waals surface area contributed by atoms with Gasteiger partial charge in [-0.05, 0) is 31.6 Å². The van der Waals surface area contributed by atoms with E-state index >= 15 is 0 Å². The fourth-order valence-corrected chi connectivity index (χ4v) is 3.86. The molecule has 2 saturated carbocycles. The highest BCUT2D eigenvalue weighted by Gasteiger charge is 2.44. The van der Waals surface area contributed by atoms with E-state index < -0.39 is 0 Å². The van der Waals surface area contributed by atoms with Crippen LogP contribution in [-0.2, 0) is 0 Å². The smallest absolute Gasteiger partial charge is 0.0197 e. The Morgan fingerprint density at radius 3 is 1.31 bits per heavy atom. The number of hydrogen-bond acceptors (Lipinski definition) is 2. The molecule has 94 valence electrons. The Bertz CT molecular complexity index is 201. The molecular formula is C14H28N2. The van der Waals surface area contributed by atoms with E-state index in [0.717, 1.165) is 0 Å². The Morgan fingerprint density at radius 1 is 0.688 bits per heavy atom. The van der Waals surface area contributed by atoms with E-state index in [-0.39, 0.29) is 11.1 Å². The Labute approximate surface area is 100 Å². The SMILES string of the molecule is CC(C1(N)CCCCC1)C1(N)CCCCC1. The predicted octanol–water partition coefficient (Wildman–Crippen LogP) is 2.95. The fourth-order valence-electron chi connectivity index (χ4n) is 3.86. The number of nitrogens with two attached hydrogens (primary N) is 2. The fraction of sp³-hybridized carbons (Fsp3) is 1.00. The molecule has 2 aliphatic rings. The highest BCUT2D eigenvalue weighted by Crippen LogP contribution is 2.42. The summed E-state index contributed by atoms with van der Waals surface area (Å²) in [5.41, 5.74) is 13.3.